The molecule has 2 aromatic carbocycles. The number of hydrogen-bond acceptors (Lipinski definition) is 5. The van der Waals surface area contributed by atoms with Crippen LogP contribution in [-0.4, -0.2) is 23.7 Å². The third-order valence-electron chi connectivity index (χ3n) is 3.98. The van der Waals surface area contributed by atoms with Crippen LogP contribution < -0.4 is 5.32 Å². The molecule has 0 saturated carbocycles. The maximum absolute atomic E-state index is 12.1. The number of amides is 1. The van der Waals surface area contributed by atoms with Gasteiger partial charge < -0.3 is 14.5 Å². The fourth-order valence-electron chi connectivity index (χ4n) is 2.58. The number of thioether (sulfide) groups is 1. The Labute approximate surface area is 162 Å². The maximum Gasteiger partial charge on any atom is 0.319 e. The summed E-state index contributed by atoms with van der Waals surface area (Å²) in [5, 5.41) is 3.37. The van der Waals surface area contributed by atoms with Gasteiger partial charge in [0.25, 0.3) is 5.91 Å². The number of carbonyl (C=O) groups excluding carboxylic acids is 2. The van der Waals surface area contributed by atoms with Crippen molar-refractivity contribution in [3.05, 3.63) is 66.4 Å². The highest BCUT2D eigenvalue weighted by Crippen LogP contribution is 2.24. The van der Waals surface area contributed by atoms with Gasteiger partial charge in [0.15, 0.2) is 6.61 Å². The Bertz CT molecular complexity index is 889. The molecule has 5 nitrogen and oxygen atoms in total. The molecule has 140 valence electrons. The molecule has 1 amide bonds. The van der Waals surface area contributed by atoms with Crippen molar-refractivity contribution < 1.29 is 18.7 Å². The van der Waals surface area contributed by atoms with Crippen LogP contribution in [0, 0.1) is 0 Å². The molecule has 27 heavy (non-hydrogen) atoms. The number of fused-ring (bicyclic) bond motifs is 1. The first kappa shape index (κ1) is 19.0. The average molecular weight is 383 g/mol. The van der Waals surface area contributed by atoms with Crippen LogP contribution in [0.15, 0.2) is 70.0 Å². The SMILES string of the molecule is C[C@H](NC(=O)COC(=O)[C@@H](C)Sc1ccccc1)c1cc2ccccc2o1. The number of ether oxygens (including phenoxy) is 1. The number of carbonyl (C=O) groups is 2. The third kappa shape index (κ3) is 5.14. The van der Waals surface area contributed by atoms with Crippen LogP contribution in [0.1, 0.15) is 25.6 Å². The zero-order valence-corrected chi connectivity index (χ0v) is 16.0. The van der Waals surface area contributed by atoms with Crippen LogP contribution in [-0.2, 0) is 14.3 Å². The molecule has 0 saturated heterocycles. The number of rotatable bonds is 7. The summed E-state index contributed by atoms with van der Waals surface area (Å²) in [6.45, 7) is 3.27. The van der Waals surface area contributed by atoms with E-state index in [4.69, 9.17) is 9.15 Å². The molecule has 3 aromatic rings. The molecule has 0 aliphatic carbocycles. The summed E-state index contributed by atoms with van der Waals surface area (Å²) in [4.78, 5) is 25.2. The second kappa shape index (κ2) is 8.77. The van der Waals surface area contributed by atoms with E-state index in [-0.39, 0.29) is 18.6 Å². The van der Waals surface area contributed by atoms with Crippen molar-refractivity contribution >= 4 is 34.6 Å². The molecule has 3 rings (SSSR count). The minimum Gasteiger partial charge on any atom is -0.459 e. The van der Waals surface area contributed by atoms with E-state index in [0.717, 1.165) is 15.9 Å². The molecular formula is C21H21NO4S. The summed E-state index contributed by atoms with van der Waals surface area (Å²) in [7, 11) is 0. The van der Waals surface area contributed by atoms with Gasteiger partial charge in [-0.2, -0.15) is 0 Å². The highest BCUT2D eigenvalue weighted by molar-refractivity contribution is 8.00. The lowest BCUT2D eigenvalue weighted by Gasteiger charge is -2.13. The Kier molecular flexibility index (Phi) is 6.19. The molecule has 1 aromatic heterocycles. The van der Waals surface area contributed by atoms with Crippen molar-refractivity contribution in [1.82, 2.24) is 5.32 Å². The summed E-state index contributed by atoms with van der Waals surface area (Å²) < 4.78 is 10.9. The Morgan fingerprint density at radius 1 is 1.07 bits per heavy atom. The second-order valence-corrected chi connectivity index (χ2v) is 7.57. The van der Waals surface area contributed by atoms with Gasteiger partial charge in [0.1, 0.15) is 16.6 Å². The van der Waals surface area contributed by atoms with Crippen LogP contribution in [0.25, 0.3) is 11.0 Å². The molecule has 6 heteroatoms. The molecule has 0 aliphatic heterocycles. The monoisotopic (exact) mass is 383 g/mol. The first-order valence-corrected chi connectivity index (χ1v) is 9.57. The summed E-state index contributed by atoms with van der Waals surface area (Å²) in [6, 6.07) is 18.8. The molecule has 1 N–H and O–H groups in total. The Balaban J connectivity index is 1.47. The van der Waals surface area contributed by atoms with E-state index in [1.54, 1.807) is 6.92 Å². The highest BCUT2D eigenvalue weighted by atomic mass is 32.2. The van der Waals surface area contributed by atoms with E-state index < -0.39 is 11.2 Å². The Morgan fingerprint density at radius 3 is 2.52 bits per heavy atom. The minimum absolute atomic E-state index is 0.316. The van der Waals surface area contributed by atoms with Gasteiger partial charge >= 0.3 is 5.97 Å². The largest absolute Gasteiger partial charge is 0.459 e. The van der Waals surface area contributed by atoms with Gasteiger partial charge in [-0.05, 0) is 38.1 Å². The van der Waals surface area contributed by atoms with Gasteiger partial charge in [-0.25, -0.2) is 0 Å². The Morgan fingerprint density at radius 2 is 1.78 bits per heavy atom. The zero-order valence-electron chi connectivity index (χ0n) is 15.2. The molecule has 0 radical (unpaired) electrons. The summed E-state index contributed by atoms with van der Waals surface area (Å²) in [6.07, 6.45) is 0. The standard InChI is InChI=1S/C21H21NO4S/c1-14(19-12-16-8-6-7-11-18(16)26-19)22-20(23)13-25-21(24)15(2)27-17-9-4-3-5-10-17/h3-12,14-15H,13H2,1-2H3,(H,22,23)/t14-,15+/m0/s1. The van der Waals surface area contributed by atoms with E-state index >= 15 is 0 Å². The number of benzene rings is 2. The number of para-hydroxylation sites is 1. The molecule has 0 bridgehead atoms. The van der Waals surface area contributed by atoms with Crippen LogP contribution >= 0.6 is 11.8 Å². The fraction of sp³-hybridized carbons (Fsp3) is 0.238. The van der Waals surface area contributed by atoms with Gasteiger partial charge in [0, 0.05) is 10.3 Å². The lowest BCUT2D eigenvalue weighted by molar-refractivity contribution is -0.147. The number of furan rings is 1. The molecule has 0 unspecified atom stereocenters. The van der Waals surface area contributed by atoms with Crippen molar-refractivity contribution in [2.45, 2.75) is 30.0 Å². The lowest BCUT2D eigenvalue weighted by atomic mass is 10.2. The summed E-state index contributed by atoms with van der Waals surface area (Å²) in [5.41, 5.74) is 0.770. The zero-order chi connectivity index (χ0) is 19.2. The average Bonchev–Trinajstić information content (AvgIpc) is 3.11. The predicted octanol–water partition coefficient (Wildman–Crippen LogP) is 4.33. The van der Waals surface area contributed by atoms with Gasteiger partial charge in [0.05, 0.1) is 6.04 Å². The quantitative estimate of drug-likeness (QED) is 0.486. The van der Waals surface area contributed by atoms with Crippen LogP contribution in [0.2, 0.25) is 0 Å². The fourth-order valence-corrected chi connectivity index (χ4v) is 3.46. The summed E-state index contributed by atoms with van der Waals surface area (Å²) >= 11 is 1.40. The van der Waals surface area contributed by atoms with Gasteiger partial charge in [-0.1, -0.05) is 36.4 Å². The highest BCUT2D eigenvalue weighted by Gasteiger charge is 2.19. The number of hydrogen-bond donors (Lipinski definition) is 1. The van der Waals surface area contributed by atoms with Crippen LogP contribution in [0.4, 0.5) is 0 Å². The Hall–Kier alpha value is -2.73. The van der Waals surface area contributed by atoms with Crippen molar-refractivity contribution in [2.24, 2.45) is 0 Å². The number of nitrogens with one attached hydrogen (secondary N) is 1. The minimum atomic E-state index is -0.421. The molecule has 0 fully saturated rings. The smallest absolute Gasteiger partial charge is 0.319 e. The van der Waals surface area contributed by atoms with Crippen LogP contribution in [0.3, 0.4) is 0 Å². The predicted molar refractivity (Wildman–Crippen MR) is 105 cm³/mol. The molecular weight excluding hydrogens is 362 g/mol. The maximum atomic E-state index is 12.1. The van der Waals surface area contributed by atoms with Crippen molar-refractivity contribution in [2.75, 3.05) is 6.61 Å². The van der Waals surface area contributed by atoms with Crippen LogP contribution in [0.5, 0.6) is 0 Å². The molecule has 2 atom stereocenters. The third-order valence-corrected chi connectivity index (χ3v) is 5.07. The molecule has 0 aliphatic rings. The normalized spacial score (nSPS) is 13.1. The first-order chi connectivity index (χ1) is 13.0. The van der Waals surface area contributed by atoms with Gasteiger partial charge in [-0.15, -0.1) is 11.8 Å². The second-order valence-electron chi connectivity index (χ2n) is 6.16. The van der Waals surface area contributed by atoms with Crippen molar-refractivity contribution in [3.63, 3.8) is 0 Å². The first-order valence-electron chi connectivity index (χ1n) is 8.69. The van der Waals surface area contributed by atoms with Crippen molar-refractivity contribution in [1.29, 1.82) is 0 Å². The molecule has 0 spiro atoms. The lowest BCUT2D eigenvalue weighted by Crippen LogP contribution is -2.32. The molecule has 1 heterocycles. The van der Waals surface area contributed by atoms with Gasteiger partial charge in [-0.3, -0.25) is 9.59 Å². The topological polar surface area (TPSA) is 68.5 Å². The van der Waals surface area contributed by atoms with Gasteiger partial charge in [0.2, 0.25) is 0 Å². The summed E-state index contributed by atoms with van der Waals surface area (Å²) in [5.74, 6) is -0.132. The van der Waals surface area contributed by atoms with Crippen molar-refractivity contribution in [3.8, 4) is 0 Å². The van der Waals surface area contributed by atoms with E-state index in [9.17, 15) is 9.59 Å². The van der Waals surface area contributed by atoms with E-state index in [1.807, 2.05) is 67.6 Å². The van der Waals surface area contributed by atoms with E-state index in [1.165, 1.54) is 11.8 Å². The number of esters is 1. The van der Waals surface area contributed by atoms with E-state index in [2.05, 4.69) is 5.32 Å². The van der Waals surface area contributed by atoms with E-state index in [0.29, 0.717) is 5.76 Å².